The van der Waals surface area contributed by atoms with E-state index in [2.05, 4.69) is 18.9 Å². The number of rotatable bonds is 3. The van der Waals surface area contributed by atoms with Crippen molar-refractivity contribution in [2.45, 2.75) is 26.3 Å². The first-order valence-corrected chi connectivity index (χ1v) is 6.59. The summed E-state index contributed by atoms with van der Waals surface area (Å²) < 4.78 is 1.86. The smallest absolute Gasteiger partial charge is 0.117 e. The van der Waals surface area contributed by atoms with Gasteiger partial charge in [-0.2, -0.15) is 5.10 Å². The van der Waals surface area contributed by atoms with E-state index in [1.807, 2.05) is 23.0 Å². The van der Waals surface area contributed by atoms with Crippen LogP contribution in [0.4, 0.5) is 5.69 Å². The number of nitrogen functional groups attached to an aromatic ring is 1. The van der Waals surface area contributed by atoms with Crippen LogP contribution in [0.25, 0.3) is 11.3 Å². The van der Waals surface area contributed by atoms with Crippen molar-refractivity contribution in [1.29, 1.82) is 0 Å². The number of hydrogen-bond donors (Lipinski definition) is 1. The first-order chi connectivity index (χ1) is 8.54. The topological polar surface area (TPSA) is 43.8 Å². The van der Waals surface area contributed by atoms with Crippen LogP contribution in [0.3, 0.4) is 0 Å². The Hall–Kier alpha value is -1.19. The second-order valence-corrected chi connectivity index (χ2v) is 5.06. The van der Waals surface area contributed by atoms with Crippen molar-refractivity contribution in [3.63, 3.8) is 0 Å². The van der Waals surface area contributed by atoms with E-state index in [9.17, 15) is 0 Å². The molecule has 1 heterocycles. The SMILES string of the molecule is CCC(C)n1cc(N)c(-c2cccc(Cl)c2Cl)n1. The Morgan fingerprint density at radius 2 is 2.11 bits per heavy atom. The molecule has 1 atom stereocenters. The molecule has 1 aromatic heterocycles. The summed E-state index contributed by atoms with van der Waals surface area (Å²) in [5, 5.41) is 5.49. The molecule has 0 amide bonds. The van der Waals surface area contributed by atoms with Crippen molar-refractivity contribution in [3.8, 4) is 11.3 Å². The van der Waals surface area contributed by atoms with Gasteiger partial charge in [-0.3, -0.25) is 4.68 Å². The number of anilines is 1. The van der Waals surface area contributed by atoms with Gasteiger partial charge in [-0.05, 0) is 19.4 Å². The molecule has 0 aliphatic heterocycles. The van der Waals surface area contributed by atoms with Crippen LogP contribution < -0.4 is 5.73 Å². The Morgan fingerprint density at radius 3 is 2.78 bits per heavy atom. The summed E-state index contributed by atoms with van der Waals surface area (Å²) in [6, 6.07) is 5.76. The fourth-order valence-electron chi connectivity index (χ4n) is 1.71. The molecule has 2 aromatic rings. The number of nitrogens with two attached hydrogens (primary N) is 1. The van der Waals surface area contributed by atoms with Crippen LogP contribution in [-0.2, 0) is 0 Å². The molecule has 0 fully saturated rings. The standard InChI is InChI=1S/C13H15Cl2N3/c1-3-8(2)18-7-11(16)13(17-18)9-5-4-6-10(14)12(9)15/h4-8H,3,16H2,1-2H3. The van der Waals surface area contributed by atoms with E-state index < -0.39 is 0 Å². The summed E-state index contributed by atoms with van der Waals surface area (Å²) >= 11 is 12.2. The lowest BCUT2D eigenvalue weighted by Gasteiger charge is -2.08. The van der Waals surface area contributed by atoms with E-state index in [0.717, 1.165) is 12.0 Å². The summed E-state index contributed by atoms with van der Waals surface area (Å²) in [4.78, 5) is 0. The van der Waals surface area contributed by atoms with Crippen molar-refractivity contribution in [1.82, 2.24) is 9.78 Å². The molecule has 0 bridgehead atoms. The van der Waals surface area contributed by atoms with Gasteiger partial charge >= 0.3 is 0 Å². The van der Waals surface area contributed by atoms with Gasteiger partial charge in [0, 0.05) is 17.8 Å². The highest BCUT2D eigenvalue weighted by Gasteiger charge is 2.15. The van der Waals surface area contributed by atoms with Gasteiger partial charge in [0.15, 0.2) is 0 Å². The lowest BCUT2D eigenvalue weighted by Crippen LogP contribution is -2.04. The molecule has 0 aliphatic carbocycles. The van der Waals surface area contributed by atoms with Crippen LogP contribution in [0.15, 0.2) is 24.4 Å². The Kier molecular flexibility index (Phi) is 3.83. The van der Waals surface area contributed by atoms with Crippen LogP contribution in [0.5, 0.6) is 0 Å². The zero-order chi connectivity index (χ0) is 13.3. The number of halogens is 2. The Labute approximate surface area is 117 Å². The van der Waals surface area contributed by atoms with Crippen LogP contribution in [-0.4, -0.2) is 9.78 Å². The average Bonchev–Trinajstić information content (AvgIpc) is 2.74. The zero-order valence-electron chi connectivity index (χ0n) is 10.3. The predicted molar refractivity (Wildman–Crippen MR) is 77.1 cm³/mol. The second kappa shape index (κ2) is 5.21. The third kappa shape index (κ3) is 2.33. The maximum Gasteiger partial charge on any atom is 0.117 e. The number of hydrogen-bond acceptors (Lipinski definition) is 2. The van der Waals surface area contributed by atoms with E-state index in [0.29, 0.717) is 27.5 Å². The molecule has 0 saturated carbocycles. The van der Waals surface area contributed by atoms with E-state index in [1.165, 1.54) is 0 Å². The first kappa shape index (κ1) is 13.2. The molecular formula is C13H15Cl2N3. The molecule has 1 unspecified atom stereocenters. The Balaban J connectivity index is 2.51. The predicted octanol–water partition coefficient (Wildman–Crippen LogP) is 4.41. The number of benzene rings is 1. The lowest BCUT2D eigenvalue weighted by atomic mass is 10.1. The molecule has 1 aromatic carbocycles. The fourth-order valence-corrected chi connectivity index (χ4v) is 2.10. The molecule has 2 N–H and O–H groups in total. The normalized spacial score (nSPS) is 12.7. The molecule has 0 spiro atoms. The molecule has 0 radical (unpaired) electrons. The third-order valence-corrected chi connectivity index (χ3v) is 3.83. The minimum atomic E-state index is 0.305. The number of aromatic nitrogens is 2. The third-order valence-electron chi connectivity index (χ3n) is 3.01. The highest BCUT2D eigenvalue weighted by molar-refractivity contribution is 6.43. The largest absolute Gasteiger partial charge is 0.396 e. The van der Waals surface area contributed by atoms with Gasteiger partial charge in [0.1, 0.15) is 5.69 Å². The quantitative estimate of drug-likeness (QED) is 0.907. The maximum absolute atomic E-state index is 6.19. The van der Waals surface area contributed by atoms with Crippen LogP contribution in [0.1, 0.15) is 26.3 Å². The van der Waals surface area contributed by atoms with Gasteiger partial charge in [-0.25, -0.2) is 0 Å². The summed E-state index contributed by atoms with van der Waals surface area (Å²) in [5.41, 5.74) is 8.06. The minimum absolute atomic E-state index is 0.305. The molecule has 2 rings (SSSR count). The van der Waals surface area contributed by atoms with E-state index in [4.69, 9.17) is 28.9 Å². The molecule has 5 heteroatoms. The van der Waals surface area contributed by atoms with Crippen LogP contribution in [0.2, 0.25) is 10.0 Å². The molecule has 0 aliphatic rings. The number of nitrogens with zero attached hydrogens (tertiary/aromatic N) is 2. The van der Waals surface area contributed by atoms with Crippen LogP contribution >= 0.6 is 23.2 Å². The van der Waals surface area contributed by atoms with Gasteiger partial charge in [-0.1, -0.05) is 42.3 Å². The monoisotopic (exact) mass is 283 g/mol. The highest BCUT2D eigenvalue weighted by Crippen LogP contribution is 2.35. The van der Waals surface area contributed by atoms with Crippen LogP contribution in [0, 0.1) is 0 Å². The summed E-state index contributed by atoms with van der Waals surface area (Å²) in [5.74, 6) is 0. The van der Waals surface area contributed by atoms with Gasteiger partial charge in [0.05, 0.1) is 15.7 Å². The Morgan fingerprint density at radius 1 is 1.39 bits per heavy atom. The van der Waals surface area contributed by atoms with Gasteiger partial charge < -0.3 is 5.73 Å². The van der Waals surface area contributed by atoms with Crippen molar-refractivity contribution >= 4 is 28.9 Å². The molecule has 3 nitrogen and oxygen atoms in total. The molecular weight excluding hydrogens is 269 g/mol. The summed E-state index contributed by atoms with van der Waals surface area (Å²) in [7, 11) is 0. The molecule has 96 valence electrons. The van der Waals surface area contributed by atoms with Crippen molar-refractivity contribution in [2.24, 2.45) is 0 Å². The van der Waals surface area contributed by atoms with E-state index in [-0.39, 0.29) is 0 Å². The Bertz CT molecular complexity index is 563. The van der Waals surface area contributed by atoms with Crippen molar-refractivity contribution in [3.05, 3.63) is 34.4 Å². The summed E-state index contributed by atoms with van der Waals surface area (Å²) in [6.45, 7) is 4.20. The van der Waals surface area contributed by atoms with E-state index in [1.54, 1.807) is 6.07 Å². The fraction of sp³-hybridized carbons (Fsp3) is 0.308. The van der Waals surface area contributed by atoms with Gasteiger partial charge in [0.25, 0.3) is 0 Å². The minimum Gasteiger partial charge on any atom is -0.396 e. The molecule has 0 saturated heterocycles. The lowest BCUT2D eigenvalue weighted by molar-refractivity contribution is 0.479. The molecule has 18 heavy (non-hydrogen) atoms. The van der Waals surface area contributed by atoms with Crippen molar-refractivity contribution in [2.75, 3.05) is 5.73 Å². The highest BCUT2D eigenvalue weighted by atomic mass is 35.5. The van der Waals surface area contributed by atoms with Gasteiger partial charge in [-0.15, -0.1) is 0 Å². The first-order valence-electron chi connectivity index (χ1n) is 5.83. The van der Waals surface area contributed by atoms with Crippen molar-refractivity contribution < 1.29 is 0 Å². The maximum atomic E-state index is 6.19. The second-order valence-electron chi connectivity index (χ2n) is 4.27. The zero-order valence-corrected chi connectivity index (χ0v) is 11.8. The summed E-state index contributed by atoms with van der Waals surface area (Å²) in [6.07, 6.45) is 2.82. The average molecular weight is 284 g/mol. The van der Waals surface area contributed by atoms with Gasteiger partial charge in [0.2, 0.25) is 0 Å². The van der Waals surface area contributed by atoms with E-state index >= 15 is 0 Å².